The van der Waals surface area contributed by atoms with Gasteiger partial charge in [0.2, 0.25) is 5.91 Å². The highest BCUT2D eigenvalue weighted by molar-refractivity contribution is 9.10. The van der Waals surface area contributed by atoms with Gasteiger partial charge in [0.25, 0.3) is 0 Å². The Morgan fingerprint density at radius 1 is 1.31 bits per heavy atom. The zero-order chi connectivity index (χ0) is 12.3. The number of carbonyl (C=O) groups excluding carboxylic acids is 1. The fourth-order valence-corrected chi connectivity index (χ4v) is 1.58. The second-order valence-corrected chi connectivity index (χ2v) is 7.12. The van der Waals surface area contributed by atoms with Crippen molar-refractivity contribution in [2.75, 3.05) is 0 Å². The SMILES string of the molecule is C[C@@H](NC(=O)C(C)(C)Br)c1ccc(Br)cc1. The Bertz CT molecular complexity index is 368. The van der Waals surface area contributed by atoms with Gasteiger partial charge in [-0.3, -0.25) is 4.79 Å². The van der Waals surface area contributed by atoms with Crippen molar-refractivity contribution >= 4 is 37.8 Å². The average Bonchev–Trinajstić information content (AvgIpc) is 2.17. The molecule has 0 aliphatic heterocycles. The van der Waals surface area contributed by atoms with Crippen LogP contribution < -0.4 is 5.32 Å². The molecule has 0 unspecified atom stereocenters. The molecule has 0 bridgehead atoms. The maximum atomic E-state index is 11.7. The fraction of sp³-hybridized carbons (Fsp3) is 0.417. The molecule has 1 amide bonds. The average molecular weight is 349 g/mol. The first-order valence-electron chi connectivity index (χ1n) is 5.06. The number of rotatable bonds is 3. The van der Waals surface area contributed by atoms with Crippen LogP contribution in [0.4, 0.5) is 0 Å². The van der Waals surface area contributed by atoms with Crippen LogP contribution in [0.15, 0.2) is 28.7 Å². The number of carbonyl (C=O) groups is 1. The van der Waals surface area contributed by atoms with Gasteiger partial charge in [-0.1, -0.05) is 44.0 Å². The van der Waals surface area contributed by atoms with Gasteiger partial charge in [0, 0.05) is 4.47 Å². The van der Waals surface area contributed by atoms with E-state index in [0.29, 0.717) is 0 Å². The molecule has 2 nitrogen and oxygen atoms in total. The molecule has 0 spiro atoms. The third-order valence-corrected chi connectivity index (χ3v) is 3.15. The first-order valence-corrected chi connectivity index (χ1v) is 6.64. The number of nitrogens with one attached hydrogen (secondary N) is 1. The van der Waals surface area contributed by atoms with E-state index in [1.807, 2.05) is 45.0 Å². The van der Waals surface area contributed by atoms with E-state index in [9.17, 15) is 4.79 Å². The zero-order valence-electron chi connectivity index (χ0n) is 9.55. The van der Waals surface area contributed by atoms with Crippen molar-refractivity contribution in [3.8, 4) is 0 Å². The molecule has 1 atom stereocenters. The van der Waals surface area contributed by atoms with Crippen molar-refractivity contribution < 1.29 is 4.79 Å². The summed E-state index contributed by atoms with van der Waals surface area (Å²) in [5.41, 5.74) is 1.09. The monoisotopic (exact) mass is 347 g/mol. The first-order chi connectivity index (χ1) is 7.30. The van der Waals surface area contributed by atoms with Gasteiger partial charge in [-0.25, -0.2) is 0 Å². The van der Waals surface area contributed by atoms with Crippen molar-refractivity contribution in [2.45, 2.75) is 31.1 Å². The molecule has 0 aliphatic rings. The van der Waals surface area contributed by atoms with E-state index >= 15 is 0 Å². The molecule has 1 aromatic carbocycles. The molecule has 1 aromatic rings. The molecule has 4 heteroatoms. The number of hydrogen-bond donors (Lipinski definition) is 1. The summed E-state index contributed by atoms with van der Waals surface area (Å²) >= 11 is 6.72. The molecule has 16 heavy (non-hydrogen) atoms. The van der Waals surface area contributed by atoms with Crippen LogP contribution >= 0.6 is 31.9 Å². The Morgan fingerprint density at radius 3 is 2.25 bits per heavy atom. The number of amides is 1. The van der Waals surface area contributed by atoms with Gasteiger partial charge in [-0.15, -0.1) is 0 Å². The van der Waals surface area contributed by atoms with Crippen LogP contribution in [0.5, 0.6) is 0 Å². The Morgan fingerprint density at radius 2 is 1.81 bits per heavy atom. The maximum Gasteiger partial charge on any atom is 0.236 e. The van der Waals surface area contributed by atoms with Crippen molar-refractivity contribution in [3.63, 3.8) is 0 Å². The standard InChI is InChI=1S/C12H15Br2NO/c1-8(15-11(16)12(2,3)14)9-4-6-10(13)7-5-9/h4-8H,1-3H3,(H,15,16)/t8-/m1/s1. The van der Waals surface area contributed by atoms with E-state index in [0.717, 1.165) is 10.0 Å². The smallest absolute Gasteiger partial charge is 0.236 e. The topological polar surface area (TPSA) is 29.1 Å². The Balaban J connectivity index is 2.69. The van der Waals surface area contributed by atoms with Gasteiger partial charge >= 0.3 is 0 Å². The first kappa shape index (κ1) is 13.7. The minimum Gasteiger partial charge on any atom is -0.348 e. The number of hydrogen-bond acceptors (Lipinski definition) is 1. The minimum absolute atomic E-state index is 0.0112. The number of benzene rings is 1. The van der Waals surface area contributed by atoms with Gasteiger partial charge in [0.15, 0.2) is 0 Å². The molecule has 0 aromatic heterocycles. The highest BCUT2D eigenvalue weighted by atomic mass is 79.9. The van der Waals surface area contributed by atoms with Crippen LogP contribution in [0.25, 0.3) is 0 Å². The van der Waals surface area contributed by atoms with Gasteiger partial charge < -0.3 is 5.32 Å². The van der Waals surface area contributed by atoms with Gasteiger partial charge in [-0.05, 0) is 38.5 Å². The van der Waals surface area contributed by atoms with Crippen LogP contribution in [-0.4, -0.2) is 10.2 Å². The van der Waals surface area contributed by atoms with Gasteiger partial charge in [-0.2, -0.15) is 0 Å². The zero-order valence-corrected chi connectivity index (χ0v) is 12.7. The summed E-state index contributed by atoms with van der Waals surface area (Å²) in [4.78, 5) is 11.7. The van der Waals surface area contributed by atoms with Crippen molar-refractivity contribution in [3.05, 3.63) is 34.3 Å². The Labute approximate surface area is 113 Å². The van der Waals surface area contributed by atoms with Crippen molar-refractivity contribution in [1.82, 2.24) is 5.32 Å². The molecule has 0 saturated heterocycles. The van der Waals surface area contributed by atoms with Crippen LogP contribution in [-0.2, 0) is 4.79 Å². The highest BCUT2D eigenvalue weighted by Crippen LogP contribution is 2.20. The van der Waals surface area contributed by atoms with Crippen LogP contribution in [0.1, 0.15) is 32.4 Å². The third-order valence-electron chi connectivity index (χ3n) is 2.26. The summed E-state index contributed by atoms with van der Waals surface area (Å²) in [7, 11) is 0. The molecule has 0 radical (unpaired) electrons. The normalized spacial score (nSPS) is 13.3. The summed E-state index contributed by atoms with van der Waals surface area (Å²) in [5.74, 6) is -0.0112. The number of halogens is 2. The molecule has 0 saturated carbocycles. The molecule has 0 fully saturated rings. The summed E-state index contributed by atoms with van der Waals surface area (Å²) in [6, 6.07) is 7.94. The van der Waals surface area contributed by atoms with Crippen molar-refractivity contribution in [1.29, 1.82) is 0 Å². The number of alkyl halides is 1. The molecular formula is C12H15Br2NO. The summed E-state index contributed by atoms with van der Waals surface area (Å²) in [6.45, 7) is 5.63. The van der Waals surface area contributed by atoms with E-state index < -0.39 is 4.32 Å². The van der Waals surface area contributed by atoms with Crippen LogP contribution in [0, 0.1) is 0 Å². The van der Waals surface area contributed by atoms with Crippen LogP contribution in [0.3, 0.4) is 0 Å². The molecule has 1 rings (SSSR count). The molecular weight excluding hydrogens is 334 g/mol. The van der Waals surface area contributed by atoms with Crippen molar-refractivity contribution in [2.24, 2.45) is 0 Å². The largest absolute Gasteiger partial charge is 0.348 e. The maximum absolute atomic E-state index is 11.7. The Kier molecular flexibility index (Phi) is 4.56. The second-order valence-electron chi connectivity index (χ2n) is 4.22. The summed E-state index contributed by atoms with van der Waals surface area (Å²) in [5, 5.41) is 2.95. The van der Waals surface area contributed by atoms with E-state index in [4.69, 9.17) is 0 Å². The summed E-state index contributed by atoms with van der Waals surface area (Å²) < 4.78 is 0.506. The lowest BCUT2D eigenvalue weighted by molar-refractivity contribution is -0.123. The van der Waals surface area contributed by atoms with E-state index in [-0.39, 0.29) is 11.9 Å². The quantitative estimate of drug-likeness (QED) is 0.827. The minimum atomic E-state index is -0.531. The summed E-state index contributed by atoms with van der Waals surface area (Å²) in [6.07, 6.45) is 0. The van der Waals surface area contributed by atoms with E-state index in [1.54, 1.807) is 0 Å². The van der Waals surface area contributed by atoms with E-state index in [1.165, 1.54) is 0 Å². The van der Waals surface area contributed by atoms with Crippen LogP contribution in [0.2, 0.25) is 0 Å². The molecule has 0 aliphatic carbocycles. The van der Waals surface area contributed by atoms with Gasteiger partial charge in [0.1, 0.15) is 0 Å². The highest BCUT2D eigenvalue weighted by Gasteiger charge is 2.24. The molecule has 88 valence electrons. The predicted octanol–water partition coefficient (Wildman–Crippen LogP) is 3.80. The molecule has 0 heterocycles. The Hall–Kier alpha value is -0.350. The van der Waals surface area contributed by atoms with Gasteiger partial charge in [0.05, 0.1) is 10.4 Å². The third kappa shape index (κ3) is 3.91. The second kappa shape index (κ2) is 5.32. The lowest BCUT2D eigenvalue weighted by Gasteiger charge is -2.20. The lowest BCUT2D eigenvalue weighted by Crippen LogP contribution is -2.38. The molecule has 1 N–H and O–H groups in total. The van der Waals surface area contributed by atoms with E-state index in [2.05, 4.69) is 37.2 Å². The predicted molar refractivity (Wildman–Crippen MR) is 73.7 cm³/mol. The fourth-order valence-electron chi connectivity index (χ4n) is 1.20. The lowest BCUT2D eigenvalue weighted by atomic mass is 10.1.